The quantitative estimate of drug-likeness (QED) is 0.682. The van der Waals surface area contributed by atoms with Crippen molar-refractivity contribution >= 4 is 49.9 Å². The van der Waals surface area contributed by atoms with Crippen molar-refractivity contribution in [1.29, 1.82) is 0 Å². The molecule has 0 saturated heterocycles. The summed E-state index contributed by atoms with van der Waals surface area (Å²) in [6.45, 7) is 1.99. The van der Waals surface area contributed by atoms with Crippen LogP contribution in [0.25, 0.3) is 10.9 Å². The van der Waals surface area contributed by atoms with Crippen LogP contribution in [0.3, 0.4) is 0 Å². The number of para-hydroxylation sites is 1. The lowest BCUT2D eigenvalue weighted by molar-refractivity contribution is 0.943. The standard InChI is InChI=1S/C15H12BrClN4/c1-2-13-20-12(17)7-14(21-13)19-11-5-3-4-9-6-10(16)8-18-15(9)11/h3-8H,2H2,1H3,(H,19,20,21). The molecule has 0 amide bonds. The van der Waals surface area contributed by atoms with E-state index in [-0.39, 0.29) is 0 Å². The Morgan fingerprint density at radius 1 is 1.24 bits per heavy atom. The summed E-state index contributed by atoms with van der Waals surface area (Å²) < 4.78 is 0.950. The summed E-state index contributed by atoms with van der Waals surface area (Å²) in [6.07, 6.45) is 2.51. The molecule has 2 aromatic heterocycles. The van der Waals surface area contributed by atoms with Crippen LogP contribution < -0.4 is 5.32 Å². The van der Waals surface area contributed by atoms with E-state index in [9.17, 15) is 0 Å². The number of fused-ring (bicyclic) bond motifs is 1. The van der Waals surface area contributed by atoms with E-state index in [1.807, 2.05) is 31.2 Å². The highest BCUT2D eigenvalue weighted by molar-refractivity contribution is 9.10. The minimum Gasteiger partial charge on any atom is -0.338 e. The fourth-order valence-electron chi connectivity index (χ4n) is 2.06. The van der Waals surface area contributed by atoms with Crippen LogP contribution in [0.4, 0.5) is 11.5 Å². The third-order valence-corrected chi connectivity index (χ3v) is 3.63. The van der Waals surface area contributed by atoms with Gasteiger partial charge in [-0.2, -0.15) is 0 Å². The molecular formula is C15H12BrClN4. The summed E-state index contributed by atoms with van der Waals surface area (Å²) in [6, 6.07) is 9.69. The number of hydrogen-bond acceptors (Lipinski definition) is 4. The predicted octanol–water partition coefficient (Wildman–Crippen LogP) is 4.75. The Morgan fingerprint density at radius 2 is 2.10 bits per heavy atom. The van der Waals surface area contributed by atoms with Crippen molar-refractivity contribution in [2.45, 2.75) is 13.3 Å². The first-order valence-electron chi connectivity index (χ1n) is 6.50. The first kappa shape index (κ1) is 14.2. The van der Waals surface area contributed by atoms with Gasteiger partial charge in [0.2, 0.25) is 0 Å². The summed E-state index contributed by atoms with van der Waals surface area (Å²) in [5.74, 6) is 1.38. The molecule has 0 unspecified atom stereocenters. The fourth-order valence-corrected chi connectivity index (χ4v) is 2.61. The minimum absolute atomic E-state index is 0.431. The summed E-state index contributed by atoms with van der Waals surface area (Å²) in [4.78, 5) is 13.0. The van der Waals surface area contributed by atoms with Crippen LogP contribution in [0.15, 0.2) is 41.0 Å². The highest BCUT2D eigenvalue weighted by atomic mass is 79.9. The molecule has 106 valence electrons. The maximum atomic E-state index is 6.02. The molecule has 0 aliphatic rings. The van der Waals surface area contributed by atoms with Gasteiger partial charge in [0, 0.05) is 28.5 Å². The Bertz CT molecular complexity index is 807. The van der Waals surface area contributed by atoms with Crippen LogP contribution >= 0.6 is 27.5 Å². The van der Waals surface area contributed by atoms with Crippen molar-refractivity contribution in [2.24, 2.45) is 0 Å². The zero-order valence-corrected chi connectivity index (χ0v) is 13.6. The van der Waals surface area contributed by atoms with Gasteiger partial charge in [-0.1, -0.05) is 30.7 Å². The molecule has 3 rings (SSSR count). The maximum absolute atomic E-state index is 6.02. The third-order valence-electron chi connectivity index (χ3n) is 3.00. The Morgan fingerprint density at radius 3 is 2.90 bits per heavy atom. The summed E-state index contributed by atoms with van der Waals surface area (Å²) in [5.41, 5.74) is 1.77. The number of rotatable bonds is 3. The number of anilines is 2. The number of pyridine rings is 1. The van der Waals surface area contributed by atoms with E-state index < -0.39 is 0 Å². The molecule has 0 radical (unpaired) electrons. The minimum atomic E-state index is 0.431. The van der Waals surface area contributed by atoms with Crippen LogP contribution in [0.5, 0.6) is 0 Å². The number of aryl methyl sites for hydroxylation is 1. The normalized spacial score (nSPS) is 10.8. The highest BCUT2D eigenvalue weighted by Crippen LogP contribution is 2.26. The molecule has 21 heavy (non-hydrogen) atoms. The molecule has 1 aromatic carbocycles. The van der Waals surface area contributed by atoms with Gasteiger partial charge in [0.1, 0.15) is 16.8 Å². The number of halogens is 2. The lowest BCUT2D eigenvalue weighted by atomic mass is 10.2. The van der Waals surface area contributed by atoms with Crippen molar-refractivity contribution in [2.75, 3.05) is 5.32 Å². The van der Waals surface area contributed by atoms with E-state index in [4.69, 9.17) is 11.6 Å². The lowest BCUT2D eigenvalue weighted by Gasteiger charge is -2.09. The summed E-state index contributed by atoms with van der Waals surface area (Å²) in [5, 5.41) is 4.75. The second kappa shape index (κ2) is 5.95. The highest BCUT2D eigenvalue weighted by Gasteiger charge is 2.06. The molecule has 0 spiro atoms. The van der Waals surface area contributed by atoms with Crippen LogP contribution in [0.1, 0.15) is 12.7 Å². The van der Waals surface area contributed by atoms with Crippen LogP contribution in [-0.4, -0.2) is 15.0 Å². The Labute approximate surface area is 135 Å². The number of benzene rings is 1. The van der Waals surface area contributed by atoms with E-state index in [0.717, 1.165) is 27.5 Å². The largest absolute Gasteiger partial charge is 0.338 e. The Hall–Kier alpha value is -1.72. The molecule has 3 aromatic rings. The van der Waals surface area contributed by atoms with Gasteiger partial charge in [-0.15, -0.1) is 0 Å². The van der Waals surface area contributed by atoms with Crippen LogP contribution in [0, 0.1) is 0 Å². The maximum Gasteiger partial charge on any atom is 0.135 e. The van der Waals surface area contributed by atoms with Gasteiger partial charge in [0.25, 0.3) is 0 Å². The first-order chi connectivity index (χ1) is 10.2. The first-order valence-corrected chi connectivity index (χ1v) is 7.67. The average Bonchev–Trinajstić information content (AvgIpc) is 2.46. The fraction of sp³-hybridized carbons (Fsp3) is 0.133. The van der Waals surface area contributed by atoms with E-state index in [1.165, 1.54) is 0 Å². The zero-order chi connectivity index (χ0) is 14.8. The summed E-state index contributed by atoms with van der Waals surface area (Å²) in [7, 11) is 0. The van der Waals surface area contributed by atoms with Gasteiger partial charge >= 0.3 is 0 Å². The van der Waals surface area contributed by atoms with Gasteiger partial charge in [-0.25, -0.2) is 9.97 Å². The van der Waals surface area contributed by atoms with Crippen molar-refractivity contribution in [3.63, 3.8) is 0 Å². The number of aromatic nitrogens is 3. The van der Waals surface area contributed by atoms with Crippen LogP contribution in [0.2, 0.25) is 5.15 Å². The molecule has 0 saturated carbocycles. The Balaban J connectivity index is 2.04. The van der Waals surface area contributed by atoms with Crippen LogP contribution in [-0.2, 0) is 6.42 Å². The van der Waals surface area contributed by atoms with E-state index in [0.29, 0.717) is 16.8 Å². The van der Waals surface area contributed by atoms with Crippen molar-refractivity contribution in [3.05, 3.63) is 52.0 Å². The van der Waals surface area contributed by atoms with Gasteiger partial charge in [0.15, 0.2) is 0 Å². The molecule has 4 nitrogen and oxygen atoms in total. The van der Waals surface area contributed by atoms with Gasteiger partial charge in [0.05, 0.1) is 11.2 Å². The predicted molar refractivity (Wildman–Crippen MR) is 89.1 cm³/mol. The van der Waals surface area contributed by atoms with Gasteiger partial charge < -0.3 is 5.32 Å². The molecule has 0 aliphatic heterocycles. The number of nitrogens with one attached hydrogen (secondary N) is 1. The number of hydrogen-bond donors (Lipinski definition) is 1. The van der Waals surface area contributed by atoms with Crippen molar-refractivity contribution in [3.8, 4) is 0 Å². The molecule has 6 heteroatoms. The molecule has 0 aliphatic carbocycles. The topological polar surface area (TPSA) is 50.7 Å². The van der Waals surface area contributed by atoms with E-state index in [1.54, 1.807) is 12.3 Å². The molecule has 0 fully saturated rings. The third kappa shape index (κ3) is 3.14. The molecule has 0 atom stereocenters. The molecule has 0 bridgehead atoms. The molecular weight excluding hydrogens is 352 g/mol. The van der Waals surface area contributed by atoms with Crippen molar-refractivity contribution in [1.82, 2.24) is 15.0 Å². The smallest absolute Gasteiger partial charge is 0.135 e. The second-order valence-electron chi connectivity index (χ2n) is 4.50. The van der Waals surface area contributed by atoms with Crippen molar-refractivity contribution < 1.29 is 0 Å². The van der Waals surface area contributed by atoms with E-state index >= 15 is 0 Å². The summed E-state index contributed by atoms with van der Waals surface area (Å²) >= 11 is 9.45. The molecule has 2 heterocycles. The number of nitrogens with zero attached hydrogens (tertiary/aromatic N) is 3. The molecule has 1 N–H and O–H groups in total. The lowest BCUT2D eigenvalue weighted by Crippen LogP contribution is -2.00. The SMILES string of the molecule is CCc1nc(Cl)cc(Nc2cccc3cc(Br)cnc23)n1. The van der Waals surface area contributed by atoms with Gasteiger partial charge in [-0.3, -0.25) is 4.98 Å². The van der Waals surface area contributed by atoms with E-state index in [2.05, 4.69) is 36.2 Å². The van der Waals surface area contributed by atoms with Gasteiger partial charge in [-0.05, 0) is 28.1 Å². The Kier molecular flexibility index (Phi) is 4.03. The average molecular weight is 364 g/mol. The monoisotopic (exact) mass is 362 g/mol. The zero-order valence-electron chi connectivity index (χ0n) is 11.3. The second-order valence-corrected chi connectivity index (χ2v) is 5.80.